The number of nitrogen functional groups attached to an aromatic ring is 1. The van der Waals surface area contributed by atoms with Crippen LogP contribution in [0.2, 0.25) is 0 Å². The normalized spacial score (nSPS) is 15.0. The fourth-order valence-corrected chi connectivity index (χ4v) is 2.46. The molecule has 0 amide bonds. The number of thiazole rings is 1. The summed E-state index contributed by atoms with van der Waals surface area (Å²) in [6, 6.07) is 0. The maximum atomic E-state index is 5.42. The molecule has 10 heteroatoms. The Hall–Kier alpha value is -2.04. The molecular formula is C11H16N8OS. The summed E-state index contributed by atoms with van der Waals surface area (Å²) in [7, 11) is 0. The van der Waals surface area contributed by atoms with Crippen LogP contribution >= 0.6 is 11.3 Å². The van der Waals surface area contributed by atoms with E-state index in [4.69, 9.17) is 10.6 Å². The average molecular weight is 308 g/mol. The Balaban J connectivity index is 1.75. The average Bonchev–Trinajstić information content (AvgIpc) is 3.07. The first kappa shape index (κ1) is 13.9. The molecule has 112 valence electrons. The summed E-state index contributed by atoms with van der Waals surface area (Å²) in [5.41, 5.74) is 2.47. The van der Waals surface area contributed by atoms with Gasteiger partial charge in [0, 0.05) is 24.7 Å². The number of hydrogen-bond donors (Lipinski definition) is 3. The topological polar surface area (TPSA) is 114 Å². The molecule has 3 rings (SSSR count). The van der Waals surface area contributed by atoms with Gasteiger partial charge in [0.05, 0.1) is 19.8 Å². The Morgan fingerprint density at radius 3 is 2.76 bits per heavy atom. The number of rotatable bonds is 5. The molecule has 1 aliphatic rings. The van der Waals surface area contributed by atoms with E-state index in [1.165, 1.54) is 0 Å². The lowest BCUT2D eigenvalue weighted by Gasteiger charge is -2.27. The Morgan fingerprint density at radius 1 is 1.24 bits per heavy atom. The Morgan fingerprint density at radius 2 is 2.05 bits per heavy atom. The molecule has 1 saturated heterocycles. The van der Waals surface area contributed by atoms with Gasteiger partial charge in [0.2, 0.25) is 17.8 Å². The van der Waals surface area contributed by atoms with Crippen molar-refractivity contribution < 1.29 is 4.74 Å². The Labute approximate surface area is 125 Å². The van der Waals surface area contributed by atoms with Gasteiger partial charge in [0.1, 0.15) is 5.01 Å². The van der Waals surface area contributed by atoms with Gasteiger partial charge in [-0.3, -0.25) is 5.43 Å². The molecule has 0 bridgehead atoms. The van der Waals surface area contributed by atoms with Gasteiger partial charge in [0.25, 0.3) is 0 Å². The number of nitrogens with one attached hydrogen (secondary N) is 2. The molecule has 0 radical (unpaired) electrons. The van der Waals surface area contributed by atoms with Crippen LogP contribution in [-0.4, -0.2) is 46.2 Å². The van der Waals surface area contributed by atoms with E-state index < -0.39 is 0 Å². The van der Waals surface area contributed by atoms with Crippen molar-refractivity contribution in [3.63, 3.8) is 0 Å². The maximum Gasteiger partial charge on any atom is 0.243 e. The van der Waals surface area contributed by atoms with Gasteiger partial charge < -0.3 is 15.0 Å². The second-order valence-electron chi connectivity index (χ2n) is 4.31. The summed E-state index contributed by atoms with van der Waals surface area (Å²) in [5.74, 6) is 6.80. The molecule has 2 aromatic rings. The molecule has 9 nitrogen and oxygen atoms in total. The summed E-state index contributed by atoms with van der Waals surface area (Å²) < 4.78 is 5.33. The summed E-state index contributed by atoms with van der Waals surface area (Å²) in [6.07, 6.45) is 1.76. The fourth-order valence-electron chi connectivity index (χ4n) is 1.91. The highest BCUT2D eigenvalue weighted by Gasteiger charge is 2.16. The van der Waals surface area contributed by atoms with Crippen LogP contribution in [0.3, 0.4) is 0 Å². The first-order chi connectivity index (χ1) is 10.3. The van der Waals surface area contributed by atoms with E-state index in [-0.39, 0.29) is 0 Å². The van der Waals surface area contributed by atoms with E-state index in [0.717, 1.165) is 18.1 Å². The number of hydrogen-bond acceptors (Lipinski definition) is 10. The van der Waals surface area contributed by atoms with Crippen molar-refractivity contribution in [2.45, 2.75) is 6.54 Å². The largest absolute Gasteiger partial charge is 0.378 e. The number of aromatic nitrogens is 4. The lowest BCUT2D eigenvalue weighted by molar-refractivity contribution is 0.122. The Kier molecular flexibility index (Phi) is 4.38. The minimum Gasteiger partial charge on any atom is -0.378 e. The predicted molar refractivity (Wildman–Crippen MR) is 80.1 cm³/mol. The zero-order chi connectivity index (χ0) is 14.5. The first-order valence-corrected chi connectivity index (χ1v) is 7.41. The number of morpholine rings is 1. The van der Waals surface area contributed by atoms with Crippen LogP contribution in [0.15, 0.2) is 11.6 Å². The third-order valence-electron chi connectivity index (χ3n) is 2.93. The molecule has 0 atom stereocenters. The lowest BCUT2D eigenvalue weighted by Crippen LogP contribution is -2.37. The van der Waals surface area contributed by atoms with Crippen molar-refractivity contribution >= 4 is 29.2 Å². The third kappa shape index (κ3) is 3.54. The van der Waals surface area contributed by atoms with Crippen molar-refractivity contribution in [1.82, 2.24) is 19.9 Å². The highest BCUT2D eigenvalue weighted by atomic mass is 32.1. The van der Waals surface area contributed by atoms with Gasteiger partial charge in [-0.05, 0) is 0 Å². The van der Waals surface area contributed by atoms with Crippen LogP contribution in [-0.2, 0) is 11.3 Å². The molecule has 0 aromatic carbocycles. The van der Waals surface area contributed by atoms with E-state index in [1.54, 1.807) is 17.5 Å². The molecule has 0 spiro atoms. The van der Waals surface area contributed by atoms with Crippen LogP contribution in [0, 0.1) is 0 Å². The second kappa shape index (κ2) is 6.61. The first-order valence-electron chi connectivity index (χ1n) is 6.53. The number of nitrogens with two attached hydrogens (primary N) is 1. The summed E-state index contributed by atoms with van der Waals surface area (Å²) >= 11 is 1.57. The van der Waals surface area contributed by atoms with Gasteiger partial charge in [-0.2, -0.15) is 15.0 Å². The van der Waals surface area contributed by atoms with Crippen molar-refractivity contribution in [2.75, 3.05) is 41.9 Å². The molecule has 0 saturated carbocycles. The maximum absolute atomic E-state index is 5.42. The van der Waals surface area contributed by atoms with E-state index in [9.17, 15) is 0 Å². The molecule has 1 fully saturated rings. The van der Waals surface area contributed by atoms with Gasteiger partial charge in [-0.25, -0.2) is 10.8 Å². The van der Waals surface area contributed by atoms with Crippen LogP contribution in [0.25, 0.3) is 0 Å². The van der Waals surface area contributed by atoms with Crippen LogP contribution in [0.5, 0.6) is 0 Å². The number of hydrazine groups is 1. The van der Waals surface area contributed by atoms with Gasteiger partial charge >= 0.3 is 0 Å². The number of nitrogens with zero attached hydrogens (tertiary/aromatic N) is 5. The van der Waals surface area contributed by atoms with Crippen LogP contribution < -0.4 is 21.5 Å². The summed E-state index contributed by atoms with van der Waals surface area (Å²) in [4.78, 5) is 19.1. The highest BCUT2D eigenvalue weighted by Crippen LogP contribution is 2.15. The van der Waals surface area contributed by atoms with E-state index >= 15 is 0 Å². The van der Waals surface area contributed by atoms with Crippen molar-refractivity contribution in [3.05, 3.63) is 16.6 Å². The minimum absolute atomic E-state index is 0.327. The van der Waals surface area contributed by atoms with Crippen molar-refractivity contribution in [1.29, 1.82) is 0 Å². The summed E-state index contributed by atoms with van der Waals surface area (Å²) in [6.45, 7) is 3.39. The van der Waals surface area contributed by atoms with Gasteiger partial charge in [-0.1, -0.05) is 0 Å². The Bertz CT molecular complexity index is 572. The monoisotopic (exact) mass is 308 g/mol. The highest BCUT2D eigenvalue weighted by molar-refractivity contribution is 7.09. The number of anilines is 3. The second-order valence-corrected chi connectivity index (χ2v) is 5.28. The van der Waals surface area contributed by atoms with Crippen molar-refractivity contribution in [3.8, 4) is 0 Å². The molecule has 4 N–H and O–H groups in total. The molecule has 2 aromatic heterocycles. The van der Waals surface area contributed by atoms with E-state index in [0.29, 0.717) is 37.6 Å². The van der Waals surface area contributed by atoms with Gasteiger partial charge in [-0.15, -0.1) is 11.3 Å². The van der Waals surface area contributed by atoms with Crippen molar-refractivity contribution in [2.24, 2.45) is 5.84 Å². The molecule has 0 aliphatic carbocycles. The number of ether oxygens (including phenoxy) is 1. The third-order valence-corrected chi connectivity index (χ3v) is 3.71. The smallest absolute Gasteiger partial charge is 0.243 e. The quantitative estimate of drug-likeness (QED) is 0.521. The molecule has 1 aliphatic heterocycles. The molecular weight excluding hydrogens is 292 g/mol. The van der Waals surface area contributed by atoms with E-state index in [1.807, 2.05) is 10.3 Å². The molecule has 3 heterocycles. The minimum atomic E-state index is 0.327. The van der Waals surface area contributed by atoms with E-state index in [2.05, 4.69) is 30.7 Å². The zero-order valence-electron chi connectivity index (χ0n) is 11.3. The standard InChI is InChI=1S/C11H16N8OS/c12-18-10-15-9(14-7-8-13-1-6-21-8)16-11(17-10)19-2-4-20-5-3-19/h1,6H,2-5,7,12H2,(H2,14,15,16,17,18). The zero-order valence-corrected chi connectivity index (χ0v) is 12.1. The SMILES string of the molecule is NNc1nc(NCc2nccs2)nc(N2CCOCC2)n1. The van der Waals surface area contributed by atoms with Crippen LogP contribution in [0.4, 0.5) is 17.8 Å². The predicted octanol–water partition coefficient (Wildman–Crippen LogP) is 0.0624. The molecule has 0 unspecified atom stereocenters. The van der Waals surface area contributed by atoms with Crippen LogP contribution in [0.1, 0.15) is 5.01 Å². The fraction of sp³-hybridized carbons (Fsp3) is 0.455. The summed E-state index contributed by atoms with van der Waals surface area (Å²) in [5, 5.41) is 6.02. The lowest BCUT2D eigenvalue weighted by atomic mass is 10.4. The van der Waals surface area contributed by atoms with Gasteiger partial charge in [0.15, 0.2) is 0 Å². The molecule has 21 heavy (non-hydrogen) atoms.